The first-order valence-electron chi connectivity index (χ1n) is 7.21. The van der Waals surface area contributed by atoms with Crippen molar-refractivity contribution in [3.8, 4) is 0 Å². The summed E-state index contributed by atoms with van der Waals surface area (Å²) in [7, 11) is 0. The van der Waals surface area contributed by atoms with Crippen molar-refractivity contribution < 1.29 is 0 Å². The lowest BCUT2D eigenvalue weighted by molar-refractivity contribution is 0.199. The Hall–Kier alpha value is -0.860. The van der Waals surface area contributed by atoms with Crippen LogP contribution in [-0.2, 0) is 6.54 Å². The summed E-state index contributed by atoms with van der Waals surface area (Å²) in [5.74, 6) is 0. The molecule has 1 aliphatic heterocycles. The maximum Gasteiger partial charge on any atom is 0.0239 e. The molecule has 0 bridgehead atoms. The van der Waals surface area contributed by atoms with Crippen LogP contribution in [0, 0.1) is 13.8 Å². The number of nitrogens with one attached hydrogen (secondary N) is 1. The second-order valence-electron chi connectivity index (χ2n) is 5.55. The molecule has 2 heteroatoms. The maximum atomic E-state index is 3.48. The Balaban J connectivity index is 2.09. The van der Waals surface area contributed by atoms with Crippen LogP contribution in [0.5, 0.6) is 0 Å². The van der Waals surface area contributed by atoms with Gasteiger partial charge in [0.15, 0.2) is 0 Å². The number of nitrogens with zero attached hydrogens (tertiary/aromatic N) is 1. The fourth-order valence-electron chi connectivity index (χ4n) is 2.82. The van der Waals surface area contributed by atoms with E-state index in [1.807, 2.05) is 0 Å². The van der Waals surface area contributed by atoms with Gasteiger partial charge in [-0.2, -0.15) is 0 Å². The van der Waals surface area contributed by atoms with E-state index < -0.39 is 0 Å². The first kappa shape index (κ1) is 13.6. The number of benzene rings is 1. The van der Waals surface area contributed by atoms with E-state index in [0.29, 0.717) is 0 Å². The van der Waals surface area contributed by atoms with E-state index in [-0.39, 0.29) is 0 Å². The predicted octanol–water partition coefficient (Wildman–Crippen LogP) is 2.88. The molecular weight excluding hydrogens is 220 g/mol. The molecule has 1 aromatic rings. The molecule has 1 heterocycles. The second kappa shape index (κ2) is 6.35. The summed E-state index contributed by atoms with van der Waals surface area (Å²) in [6.45, 7) is 11.3. The van der Waals surface area contributed by atoms with Crippen molar-refractivity contribution in [3.05, 3.63) is 34.9 Å². The largest absolute Gasteiger partial charge is 0.315 e. The van der Waals surface area contributed by atoms with E-state index in [1.54, 1.807) is 0 Å². The van der Waals surface area contributed by atoms with Crippen molar-refractivity contribution in [1.29, 1.82) is 0 Å². The van der Waals surface area contributed by atoms with E-state index in [4.69, 9.17) is 0 Å². The van der Waals surface area contributed by atoms with Crippen molar-refractivity contribution >= 4 is 0 Å². The standard InChI is InChI=1S/C16H26N2/c1-4-9-18(16-7-8-17-11-16)12-15-10-13(2)5-6-14(15)3/h5-6,10,16-17H,4,7-9,11-12H2,1-3H3. The van der Waals surface area contributed by atoms with Crippen LogP contribution in [-0.4, -0.2) is 30.6 Å². The van der Waals surface area contributed by atoms with Crippen molar-refractivity contribution in [3.63, 3.8) is 0 Å². The highest BCUT2D eigenvalue weighted by atomic mass is 15.2. The highest BCUT2D eigenvalue weighted by molar-refractivity contribution is 5.30. The van der Waals surface area contributed by atoms with E-state index in [2.05, 4.69) is 49.2 Å². The average Bonchev–Trinajstić information content (AvgIpc) is 2.87. The minimum atomic E-state index is 0.727. The third-order valence-corrected chi connectivity index (χ3v) is 3.94. The SMILES string of the molecule is CCCN(Cc1cc(C)ccc1C)C1CCNC1. The van der Waals surface area contributed by atoms with Crippen LogP contribution < -0.4 is 5.32 Å². The van der Waals surface area contributed by atoms with Crippen LogP contribution in [0.15, 0.2) is 18.2 Å². The first-order chi connectivity index (χ1) is 8.70. The van der Waals surface area contributed by atoms with E-state index >= 15 is 0 Å². The van der Waals surface area contributed by atoms with Crippen LogP contribution in [0.4, 0.5) is 0 Å². The Labute approximate surface area is 111 Å². The van der Waals surface area contributed by atoms with E-state index in [0.717, 1.165) is 19.1 Å². The molecule has 0 aromatic heterocycles. The van der Waals surface area contributed by atoms with Gasteiger partial charge in [0, 0.05) is 19.1 Å². The Morgan fingerprint density at radius 2 is 2.17 bits per heavy atom. The molecule has 1 unspecified atom stereocenters. The fourth-order valence-corrected chi connectivity index (χ4v) is 2.82. The van der Waals surface area contributed by atoms with Gasteiger partial charge in [0.2, 0.25) is 0 Å². The zero-order chi connectivity index (χ0) is 13.0. The fraction of sp³-hybridized carbons (Fsp3) is 0.625. The minimum Gasteiger partial charge on any atom is -0.315 e. The lowest BCUT2D eigenvalue weighted by Gasteiger charge is -2.28. The molecule has 2 nitrogen and oxygen atoms in total. The molecule has 1 N–H and O–H groups in total. The van der Waals surface area contributed by atoms with Crippen molar-refractivity contribution in [2.75, 3.05) is 19.6 Å². The van der Waals surface area contributed by atoms with Crippen LogP contribution in [0.25, 0.3) is 0 Å². The van der Waals surface area contributed by atoms with Gasteiger partial charge in [-0.25, -0.2) is 0 Å². The van der Waals surface area contributed by atoms with Gasteiger partial charge in [-0.3, -0.25) is 4.90 Å². The lowest BCUT2D eigenvalue weighted by Crippen LogP contribution is -2.37. The molecule has 100 valence electrons. The average molecular weight is 246 g/mol. The third-order valence-electron chi connectivity index (χ3n) is 3.94. The Morgan fingerprint density at radius 1 is 1.33 bits per heavy atom. The Kier molecular flexibility index (Phi) is 4.79. The summed E-state index contributed by atoms with van der Waals surface area (Å²) >= 11 is 0. The normalized spacial score (nSPS) is 19.7. The summed E-state index contributed by atoms with van der Waals surface area (Å²) < 4.78 is 0. The van der Waals surface area contributed by atoms with Crippen molar-refractivity contribution in [1.82, 2.24) is 10.2 Å². The van der Waals surface area contributed by atoms with Crippen LogP contribution >= 0.6 is 0 Å². The summed E-state index contributed by atoms with van der Waals surface area (Å²) in [6, 6.07) is 7.53. The van der Waals surface area contributed by atoms with Gasteiger partial charge in [-0.05, 0) is 50.9 Å². The molecule has 1 aliphatic rings. The highest BCUT2D eigenvalue weighted by Gasteiger charge is 2.21. The summed E-state index contributed by atoms with van der Waals surface area (Å²) in [5, 5.41) is 3.48. The molecule has 2 rings (SSSR count). The number of hydrogen-bond acceptors (Lipinski definition) is 2. The Bertz CT molecular complexity index is 381. The highest BCUT2D eigenvalue weighted by Crippen LogP contribution is 2.17. The van der Waals surface area contributed by atoms with Gasteiger partial charge >= 0.3 is 0 Å². The molecule has 0 aliphatic carbocycles. The summed E-state index contributed by atoms with van der Waals surface area (Å²) in [6.07, 6.45) is 2.53. The molecule has 1 fully saturated rings. The van der Waals surface area contributed by atoms with Gasteiger partial charge < -0.3 is 5.32 Å². The summed E-state index contributed by atoms with van der Waals surface area (Å²) in [5.41, 5.74) is 4.29. The third kappa shape index (κ3) is 3.33. The van der Waals surface area contributed by atoms with Crippen LogP contribution in [0.3, 0.4) is 0 Å². The first-order valence-corrected chi connectivity index (χ1v) is 7.21. The number of hydrogen-bond donors (Lipinski definition) is 1. The molecule has 0 saturated carbocycles. The Morgan fingerprint density at radius 3 is 2.83 bits per heavy atom. The monoisotopic (exact) mass is 246 g/mol. The zero-order valence-electron chi connectivity index (χ0n) is 12.0. The van der Waals surface area contributed by atoms with Crippen molar-refractivity contribution in [2.45, 2.75) is 46.2 Å². The van der Waals surface area contributed by atoms with Crippen LogP contribution in [0.2, 0.25) is 0 Å². The number of rotatable bonds is 5. The molecule has 1 aromatic carbocycles. The molecule has 0 radical (unpaired) electrons. The van der Waals surface area contributed by atoms with E-state index in [9.17, 15) is 0 Å². The molecule has 0 spiro atoms. The lowest BCUT2D eigenvalue weighted by atomic mass is 10.0. The molecular formula is C16H26N2. The van der Waals surface area contributed by atoms with Gasteiger partial charge in [0.1, 0.15) is 0 Å². The van der Waals surface area contributed by atoms with Gasteiger partial charge in [0.25, 0.3) is 0 Å². The zero-order valence-corrected chi connectivity index (χ0v) is 12.0. The van der Waals surface area contributed by atoms with Gasteiger partial charge in [-0.15, -0.1) is 0 Å². The van der Waals surface area contributed by atoms with Crippen molar-refractivity contribution in [2.24, 2.45) is 0 Å². The summed E-state index contributed by atoms with van der Waals surface area (Å²) in [4.78, 5) is 2.65. The smallest absolute Gasteiger partial charge is 0.0239 e. The topological polar surface area (TPSA) is 15.3 Å². The molecule has 1 saturated heterocycles. The molecule has 1 atom stereocenters. The quantitative estimate of drug-likeness (QED) is 0.859. The number of aryl methyl sites for hydroxylation is 2. The minimum absolute atomic E-state index is 0.727. The van der Waals surface area contributed by atoms with Crippen LogP contribution in [0.1, 0.15) is 36.5 Å². The van der Waals surface area contributed by atoms with Gasteiger partial charge in [0.05, 0.1) is 0 Å². The maximum absolute atomic E-state index is 3.48. The second-order valence-corrected chi connectivity index (χ2v) is 5.55. The van der Waals surface area contributed by atoms with Gasteiger partial charge in [-0.1, -0.05) is 30.7 Å². The molecule has 18 heavy (non-hydrogen) atoms. The van der Waals surface area contributed by atoms with E-state index in [1.165, 1.54) is 42.6 Å². The molecule has 0 amide bonds. The predicted molar refractivity (Wildman–Crippen MR) is 77.9 cm³/mol.